The van der Waals surface area contributed by atoms with Crippen molar-refractivity contribution in [3.8, 4) is 5.75 Å². The Morgan fingerprint density at radius 2 is 1.70 bits per heavy atom. The summed E-state index contributed by atoms with van der Waals surface area (Å²) in [6.07, 6.45) is 5.84. The molecule has 2 N–H and O–H groups in total. The van der Waals surface area contributed by atoms with Gasteiger partial charge in [0.1, 0.15) is 18.1 Å². The summed E-state index contributed by atoms with van der Waals surface area (Å²) in [4.78, 5) is 26.3. The topological polar surface area (TPSA) is 88.7 Å². The summed E-state index contributed by atoms with van der Waals surface area (Å²) in [6.45, 7) is 1.47. The number of benzene rings is 1. The van der Waals surface area contributed by atoms with Crippen molar-refractivity contribution in [1.82, 2.24) is 20.3 Å². The van der Waals surface area contributed by atoms with Crippen LogP contribution in [-0.4, -0.2) is 34.5 Å². The fourth-order valence-electron chi connectivity index (χ4n) is 3.46. The third-order valence-electron chi connectivity index (χ3n) is 5.09. The third-order valence-corrected chi connectivity index (χ3v) is 5.09. The number of ether oxygens (including phenoxy) is 1. The number of hydrogen-bond donors (Lipinski definition) is 2. The first kappa shape index (κ1) is 19.6. The van der Waals surface area contributed by atoms with Gasteiger partial charge in [-0.15, -0.1) is 0 Å². The number of rotatable bonds is 5. The number of hydrazine groups is 1. The van der Waals surface area contributed by atoms with E-state index in [1.54, 1.807) is 17.0 Å². The number of aromatic nitrogens is 1. The van der Waals surface area contributed by atoms with Crippen molar-refractivity contribution in [2.45, 2.75) is 25.5 Å². The molecule has 0 saturated carbocycles. The van der Waals surface area contributed by atoms with Gasteiger partial charge in [-0.1, -0.05) is 18.2 Å². The van der Waals surface area contributed by atoms with Crippen LogP contribution in [0.4, 0.5) is 4.79 Å². The Balaban J connectivity index is 1.21. The number of hydrogen-bond acceptors (Lipinski definition) is 4. The first-order valence-electron chi connectivity index (χ1n) is 9.93. The second-order valence-electron chi connectivity index (χ2n) is 7.10. The Morgan fingerprint density at radius 3 is 2.43 bits per heavy atom. The summed E-state index contributed by atoms with van der Waals surface area (Å²) in [5.74, 6) is 0.819. The summed E-state index contributed by atoms with van der Waals surface area (Å²) >= 11 is 0. The Kier molecular flexibility index (Phi) is 6.03. The minimum absolute atomic E-state index is 0.105. The zero-order valence-corrected chi connectivity index (χ0v) is 16.5. The number of urea groups is 1. The van der Waals surface area contributed by atoms with Crippen molar-refractivity contribution in [2.24, 2.45) is 0 Å². The van der Waals surface area contributed by atoms with Crippen molar-refractivity contribution in [3.63, 3.8) is 0 Å². The van der Waals surface area contributed by atoms with Gasteiger partial charge in [-0.3, -0.25) is 10.2 Å². The molecule has 1 saturated heterocycles. The van der Waals surface area contributed by atoms with Gasteiger partial charge in [0, 0.05) is 31.5 Å². The number of piperidine rings is 1. The summed E-state index contributed by atoms with van der Waals surface area (Å²) in [6, 6.07) is 16.6. The molecule has 1 aromatic carbocycles. The molecule has 0 unspecified atom stereocenters. The van der Waals surface area contributed by atoms with Crippen molar-refractivity contribution < 1.29 is 18.7 Å². The lowest BCUT2D eigenvalue weighted by Crippen LogP contribution is -2.51. The van der Waals surface area contributed by atoms with E-state index in [9.17, 15) is 9.59 Å². The van der Waals surface area contributed by atoms with Gasteiger partial charge in [0.05, 0.1) is 0 Å². The molecule has 0 aliphatic carbocycles. The lowest BCUT2D eigenvalue weighted by molar-refractivity contribution is 0.0894. The molecule has 0 atom stereocenters. The minimum Gasteiger partial charge on any atom is -0.486 e. The number of para-hydroxylation sites is 1. The Morgan fingerprint density at radius 1 is 0.967 bits per heavy atom. The number of carbonyl (C=O) groups is 2. The number of furan rings is 1. The van der Waals surface area contributed by atoms with Gasteiger partial charge in [0.25, 0.3) is 0 Å². The number of nitrogens with one attached hydrogen (secondary N) is 2. The molecular weight excluding hydrogens is 384 g/mol. The zero-order chi connectivity index (χ0) is 20.8. The highest BCUT2D eigenvalue weighted by atomic mass is 16.5. The van der Waals surface area contributed by atoms with Crippen molar-refractivity contribution in [2.75, 3.05) is 13.1 Å². The standard InChI is InChI=1S/C22H24N4O4/c27-21(20-9-8-19(30-20)16-29-18-6-2-1-3-7-18)23-24-22(28)26-14-10-17(11-15-26)25-12-4-5-13-25/h1-9,12-13,17H,10-11,14-16H2,(H,23,27)(H,24,28). The molecule has 2 aromatic heterocycles. The Hall–Kier alpha value is -3.68. The average Bonchev–Trinajstić information content (AvgIpc) is 3.49. The molecule has 3 amide bonds. The highest BCUT2D eigenvalue weighted by Crippen LogP contribution is 2.22. The van der Waals surface area contributed by atoms with Crippen LogP contribution in [0.1, 0.15) is 35.2 Å². The normalized spacial score (nSPS) is 14.3. The van der Waals surface area contributed by atoms with Crippen LogP contribution >= 0.6 is 0 Å². The molecule has 4 rings (SSSR count). The quantitative estimate of drug-likeness (QED) is 0.634. The molecule has 0 bridgehead atoms. The first-order chi connectivity index (χ1) is 14.7. The van der Waals surface area contributed by atoms with Gasteiger partial charge in [-0.05, 0) is 49.2 Å². The average molecular weight is 408 g/mol. The van der Waals surface area contributed by atoms with Crippen LogP contribution < -0.4 is 15.6 Å². The number of amides is 3. The van der Waals surface area contributed by atoms with E-state index in [1.165, 1.54) is 0 Å². The number of nitrogens with zero attached hydrogens (tertiary/aromatic N) is 2. The lowest BCUT2D eigenvalue weighted by Gasteiger charge is -2.32. The Labute approximate surface area is 174 Å². The summed E-state index contributed by atoms with van der Waals surface area (Å²) in [7, 11) is 0. The first-order valence-corrected chi connectivity index (χ1v) is 9.93. The molecule has 0 radical (unpaired) electrons. The van der Waals surface area contributed by atoms with Crippen LogP contribution in [0.25, 0.3) is 0 Å². The fourth-order valence-corrected chi connectivity index (χ4v) is 3.46. The zero-order valence-electron chi connectivity index (χ0n) is 16.5. The van der Waals surface area contributed by atoms with E-state index in [1.807, 2.05) is 54.9 Å². The molecular formula is C22H24N4O4. The van der Waals surface area contributed by atoms with Crippen LogP contribution in [0.15, 0.2) is 71.4 Å². The minimum atomic E-state index is -0.517. The van der Waals surface area contributed by atoms with Gasteiger partial charge in [-0.25, -0.2) is 10.2 Å². The third kappa shape index (κ3) is 4.83. The second-order valence-corrected chi connectivity index (χ2v) is 7.10. The molecule has 8 nitrogen and oxygen atoms in total. The van der Waals surface area contributed by atoms with Gasteiger partial charge in [0.2, 0.25) is 0 Å². The second kappa shape index (κ2) is 9.21. The van der Waals surface area contributed by atoms with Crippen LogP contribution in [0, 0.1) is 0 Å². The molecule has 0 spiro atoms. The predicted octanol–water partition coefficient (Wildman–Crippen LogP) is 3.35. The van der Waals surface area contributed by atoms with Crippen LogP contribution in [0.2, 0.25) is 0 Å². The molecule has 8 heteroatoms. The molecule has 3 aromatic rings. The molecule has 30 heavy (non-hydrogen) atoms. The van der Waals surface area contributed by atoms with E-state index in [0.29, 0.717) is 30.6 Å². The lowest BCUT2D eigenvalue weighted by atomic mass is 10.1. The fraction of sp³-hybridized carbons (Fsp3) is 0.273. The van der Waals surface area contributed by atoms with E-state index in [4.69, 9.17) is 9.15 Å². The van der Waals surface area contributed by atoms with Gasteiger partial charge >= 0.3 is 11.9 Å². The molecule has 1 aliphatic heterocycles. The number of carbonyl (C=O) groups excluding carboxylic acids is 2. The molecule has 1 fully saturated rings. The Bertz CT molecular complexity index is 960. The van der Waals surface area contributed by atoms with Crippen molar-refractivity contribution in [1.29, 1.82) is 0 Å². The maximum Gasteiger partial charge on any atom is 0.336 e. The summed E-state index contributed by atoms with van der Waals surface area (Å²) in [5.41, 5.74) is 4.86. The van der Waals surface area contributed by atoms with Gasteiger partial charge in [-0.2, -0.15) is 0 Å². The largest absolute Gasteiger partial charge is 0.486 e. The maximum atomic E-state index is 12.3. The summed E-state index contributed by atoms with van der Waals surface area (Å²) in [5, 5.41) is 0. The van der Waals surface area contributed by atoms with E-state index >= 15 is 0 Å². The van der Waals surface area contributed by atoms with Crippen LogP contribution in [-0.2, 0) is 6.61 Å². The monoisotopic (exact) mass is 408 g/mol. The van der Waals surface area contributed by atoms with Crippen LogP contribution in [0.3, 0.4) is 0 Å². The summed E-state index contributed by atoms with van der Waals surface area (Å²) < 4.78 is 13.3. The van der Waals surface area contributed by atoms with Gasteiger partial charge in [0.15, 0.2) is 5.76 Å². The number of likely N-dealkylation sites (tertiary alicyclic amines) is 1. The van der Waals surface area contributed by atoms with Crippen molar-refractivity contribution >= 4 is 11.9 Å². The smallest absolute Gasteiger partial charge is 0.336 e. The highest BCUT2D eigenvalue weighted by molar-refractivity contribution is 5.92. The SMILES string of the molecule is O=C(NNC(=O)N1CCC(n2cccc2)CC1)c1ccc(COc2ccccc2)o1. The molecule has 156 valence electrons. The van der Waals surface area contributed by atoms with E-state index in [0.717, 1.165) is 12.8 Å². The van der Waals surface area contributed by atoms with E-state index in [-0.39, 0.29) is 18.4 Å². The maximum absolute atomic E-state index is 12.3. The highest BCUT2D eigenvalue weighted by Gasteiger charge is 2.24. The molecule has 1 aliphatic rings. The van der Waals surface area contributed by atoms with Crippen LogP contribution in [0.5, 0.6) is 5.75 Å². The predicted molar refractivity (Wildman–Crippen MR) is 110 cm³/mol. The van der Waals surface area contributed by atoms with E-state index in [2.05, 4.69) is 15.4 Å². The van der Waals surface area contributed by atoms with E-state index < -0.39 is 5.91 Å². The van der Waals surface area contributed by atoms with Gasteiger partial charge < -0.3 is 18.6 Å². The molecule has 3 heterocycles. The van der Waals surface area contributed by atoms with Crippen molar-refractivity contribution in [3.05, 3.63) is 78.5 Å².